The van der Waals surface area contributed by atoms with Gasteiger partial charge in [-0.1, -0.05) is 45.0 Å². The summed E-state index contributed by atoms with van der Waals surface area (Å²) in [5, 5.41) is 10.5. The maximum Gasteiger partial charge on any atom is 0.410 e. The van der Waals surface area contributed by atoms with Crippen LogP contribution in [0.3, 0.4) is 0 Å². The van der Waals surface area contributed by atoms with Crippen LogP contribution < -0.4 is 5.56 Å². The van der Waals surface area contributed by atoms with E-state index in [1.54, 1.807) is 24.8 Å². The molecular weight excluding hydrogens is 440 g/mol. The van der Waals surface area contributed by atoms with Gasteiger partial charge in [0.1, 0.15) is 5.60 Å². The lowest BCUT2D eigenvalue weighted by atomic mass is 9.74. The van der Waals surface area contributed by atoms with E-state index in [-0.39, 0.29) is 23.1 Å². The molecule has 1 aromatic heterocycles. The summed E-state index contributed by atoms with van der Waals surface area (Å²) in [5.74, 6) is 0. The fourth-order valence-corrected chi connectivity index (χ4v) is 5.59. The largest absolute Gasteiger partial charge is 0.443 e. The van der Waals surface area contributed by atoms with Crippen LogP contribution in [0, 0.1) is 5.41 Å². The Bertz CT molecular complexity index is 1100. The first-order valence-electron chi connectivity index (χ1n) is 12.8. The molecule has 6 nitrogen and oxygen atoms in total. The number of hydrogen-bond donors (Lipinski definition) is 1. The third-order valence-corrected chi connectivity index (χ3v) is 7.04. The summed E-state index contributed by atoms with van der Waals surface area (Å²) < 4.78 is 7.93. The molecule has 2 aliphatic rings. The third-order valence-electron chi connectivity index (χ3n) is 7.04. The van der Waals surface area contributed by atoms with E-state index in [4.69, 9.17) is 4.74 Å². The molecule has 2 aromatic rings. The molecule has 1 saturated heterocycles. The van der Waals surface area contributed by atoms with Crippen LogP contribution in [0.4, 0.5) is 4.79 Å². The van der Waals surface area contributed by atoms with Gasteiger partial charge >= 0.3 is 6.09 Å². The minimum absolute atomic E-state index is 0.0333. The van der Waals surface area contributed by atoms with E-state index < -0.39 is 11.2 Å². The zero-order valence-electron chi connectivity index (χ0n) is 22.0. The quantitative estimate of drug-likeness (QED) is 0.521. The van der Waals surface area contributed by atoms with E-state index in [1.165, 1.54) is 0 Å². The second-order valence-electron chi connectivity index (χ2n) is 12.4. The van der Waals surface area contributed by atoms with Gasteiger partial charge in [-0.05, 0) is 68.2 Å². The van der Waals surface area contributed by atoms with Crippen LogP contribution in [0.15, 0.2) is 47.4 Å². The van der Waals surface area contributed by atoms with Gasteiger partial charge in [0.15, 0.2) is 0 Å². The number of cyclic esters (lactones) is 1. The Kier molecular flexibility index (Phi) is 6.64. The molecule has 2 heterocycles. The maximum absolute atomic E-state index is 13.2. The molecule has 190 valence electrons. The fraction of sp³-hybridized carbons (Fsp3) is 0.586. The number of benzene rings is 1. The number of hydrogen-bond acceptors (Lipinski definition) is 4. The molecule has 1 aliphatic heterocycles. The van der Waals surface area contributed by atoms with Crippen LogP contribution in [-0.4, -0.2) is 38.4 Å². The molecule has 6 heteroatoms. The van der Waals surface area contributed by atoms with Crippen molar-refractivity contribution in [3.8, 4) is 11.1 Å². The van der Waals surface area contributed by atoms with Crippen molar-refractivity contribution in [2.45, 2.75) is 96.9 Å². The van der Waals surface area contributed by atoms with Gasteiger partial charge in [0.05, 0.1) is 11.6 Å². The molecule has 4 rings (SSSR count). The minimum Gasteiger partial charge on any atom is -0.443 e. The van der Waals surface area contributed by atoms with Gasteiger partial charge in [-0.3, -0.25) is 4.79 Å². The summed E-state index contributed by atoms with van der Waals surface area (Å²) in [7, 11) is 0. The molecule has 0 bridgehead atoms. The Labute approximate surface area is 208 Å². The van der Waals surface area contributed by atoms with E-state index >= 15 is 0 Å². The van der Waals surface area contributed by atoms with Gasteiger partial charge in [-0.25, -0.2) is 4.79 Å². The monoisotopic (exact) mass is 480 g/mol. The van der Waals surface area contributed by atoms with Crippen molar-refractivity contribution in [2.24, 2.45) is 5.41 Å². The highest BCUT2D eigenvalue weighted by Crippen LogP contribution is 2.42. The Morgan fingerprint density at radius 1 is 1.03 bits per heavy atom. The molecule has 1 amide bonds. The number of aromatic nitrogens is 1. The zero-order chi connectivity index (χ0) is 25.6. The second kappa shape index (κ2) is 9.12. The lowest BCUT2D eigenvalue weighted by Gasteiger charge is -2.47. The average molecular weight is 481 g/mol. The van der Waals surface area contributed by atoms with Gasteiger partial charge in [0.2, 0.25) is 0 Å². The summed E-state index contributed by atoms with van der Waals surface area (Å²) >= 11 is 0. The van der Waals surface area contributed by atoms with Crippen molar-refractivity contribution in [3.63, 3.8) is 0 Å². The number of pyridine rings is 1. The molecule has 1 saturated carbocycles. The summed E-state index contributed by atoms with van der Waals surface area (Å²) in [5.41, 5.74) is 1.32. The highest BCUT2D eigenvalue weighted by atomic mass is 16.6. The zero-order valence-corrected chi connectivity index (χ0v) is 22.0. The Morgan fingerprint density at radius 2 is 1.69 bits per heavy atom. The summed E-state index contributed by atoms with van der Waals surface area (Å²) in [6.07, 6.45) is 5.53. The highest BCUT2D eigenvalue weighted by molar-refractivity contribution is 5.70. The number of nitrogens with zero attached hydrogens (tertiary/aromatic N) is 2. The number of carbonyl (C=O) groups excluding carboxylic acids is 1. The number of rotatable bonds is 7. The summed E-state index contributed by atoms with van der Waals surface area (Å²) in [6.45, 7) is 12.5. The van der Waals surface area contributed by atoms with E-state index in [1.807, 2.05) is 48.0 Å². The van der Waals surface area contributed by atoms with Crippen molar-refractivity contribution < 1.29 is 14.6 Å². The van der Waals surface area contributed by atoms with Gasteiger partial charge < -0.3 is 19.3 Å². The fourth-order valence-electron chi connectivity index (χ4n) is 5.59. The van der Waals surface area contributed by atoms with Crippen LogP contribution in [-0.2, 0) is 4.74 Å². The Hall–Kier alpha value is -2.60. The predicted molar refractivity (Wildman–Crippen MR) is 138 cm³/mol. The standard InChI is InChI=1S/C29H40N2O4/c1-20(30-16-14-29(35-26(30)33,18-27(2,3)4)19-28(5,6)34)21-7-9-22(10-8-21)23-13-15-31(24-11-12-24)25(32)17-23/h7-10,13,15,17,20,24,34H,11-12,14,16,18-19H2,1-6H3. The highest BCUT2D eigenvalue weighted by Gasteiger charge is 2.46. The Balaban J connectivity index is 1.48. The predicted octanol–water partition coefficient (Wildman–Crippen LogP) is 6.09. The molecule has 0 spiro atoms. The number of amides is 1. The molecule has 35 heavy (non-hydrogen) atoms. The molecule has 1 N–H and O–H groups in total. The van der Waals surface area contributed by atoms with Gasteiger partial charge in [0.25, 0.3) is 5.56 Å². The maximum atomic E-state index is 13.2. The molecule has 2 atom stereocenters. The van der Waals surface area contributed by atoms with Crippen molar-refractivity contribution in [1.82, 2.24) is 9.47 Å². The molecule has 2 fully saturated rings. The normalized spacial score (nSPS) is 22.1. The van der Waals surface area contributed by atoms with E-state index in [2.05, 4.69) is 20.8 Å². The van der Waals surface area contributed by atoms with Crippen LogP contribution in [0.5, 0.6) is 0 Å². The van der Waals surface area contributed by atoms with Gasteiger partial charge in [-0.2, -0.15) is 0 Å². The van der Waals surface area contributed by atoms with E-state index in [9.17, 15) is 14.7 Å². The smallest absolute Gasteiger partial charge is 0.410 e. The number of carbonyl (C=O) groups is 1. The number of aliphatic hydroxyl groups is 1. The minimum atomic E-state index is -0.922. The van der Waals surface area contributed by atoms with Crippen molar-refractivity contribution in [2.75, 3.05) is 6.54 Å². The van der Waals surface area contributed by atoms with Crippen molar-refractivity contribution >= 4 is 6.09 Å². The molecule has 1 aliphatic carbocycles. The topological polar surface area (TPSA) is 71.8 Å². The first kappa shape index (κ1) is 25.5. The lowest BCUT2D eigenvalue weighted by Crippen LogP contribution is -2.54. The molecule has 0 radical (unpaired) electrons. The molecule has 1 aromatic carbocycles. The first-order chi connectivity index (χ1) is 16.3. The second-order valence-corrected chi connectivity index (χ2v) is 12.4. The molecular formula is C29H40N2O4. The third kappa shape index (κ3) is 6.16. The van der Waals surface area contributed by atoms with Crippen LogP contribution in [0.2, 0.25) is 0 Å². The summed E-state index contributed by atoms with van der Waals surface area (Å²) in [6, 6.07) is 12.0. The van der Waals surface area contributed by atoms with Crippen molar-refractivity contribution in [3.05, 3.63) is 58.5 Å². The van der Waals surface area contributed by atoms with Crippen LogP contribution >= 0.6 is 0 Å². The first-order valence-corrected chi connectivity index (χ1v) is 12.8. The van der Waals surface area contributed by atoms with Crippen LogP contribution in [0.25, 0.3) is 11.1 Å². The van der Waals surface area contributed by atoms with E-state index in [0.29, 0.717) is 31.8 Å². The summed E-state index contributed by atoms with van der Waals surface area (Å²) in [4.78, 5) is 27.4. The van der Waals surface area contributed by atoms with Gasteiger partial charge in [-0.15, -0.1) is 0 Å². The molecule has 2 unspecified atom stereocenters. The van der Waals surface area contributed by atoms with Crippen LogP contribution in [0.1, 0.15) is 91.3 Å². The van der Waals surface area contributed by atoms with E-state index in [0.717, 1.165) is 29.5 Å². The van der Waals surface area contributed by atoms with Crippen molar-refractivity contribution in [1.29, 1.82) is 0 Å². The SMILES string of the molecule is CC(c1ccc(-c2ccn(C3CC3)c(=O)c2)cc1)N1CCC(CC(C)(C)C)(CC(C)(C)O)OC1=O. The van der Waals surface area contributed by atoms with Gasteiger partial charge in [0, 0.05) is 37.7 Å². The number of ether oxygens (including phenoxy) is 1. The lowest BCUT2D eigenvalue weighted by molar-refractivity contribution is -0.112. The Morgan fingerprint density at radius 3 is 2.20 bits per heavy atom. The average Bonchev–Trinajstić information content (AvgIpc) is 3.56.